The van der Waals surface area contributed by atoms with Crippen LogP contribution in [-0.4, -0.2) is 12.1 Å². The zero-order valence-corrected chi connectivity index (χ0v) is 9.36. The van der Waals surface area contributed by atoms with Gasteiger partial charge in [0.25, 0.3) is 6.43 Å². The summed E-state index contributed by atoms with van der Waals surface area (Å²) in [4.78, 5) is 3.26. The van der Waals surface area contributed by atoms with Crippen molar-refractivity contribution in [2.24, 2.45) is 0 Å². The number of aromatic nitrogens is 1. The molecule has 2 nitrogen and oxygen atoms in total. The van der Waals surface area contributed by atoms with Crippen molar-refractivity contribution >= 4 is 15.9 Å². The van der Waals surface area contributed by atoms with Gasteiger partial charge >= 0.3 is 6.18 Å². The number of methoxy groups -OCH3 is 1. The van der Waals surface area contributed by atoms with E-state index in [1.54, 1.807) is 0 Å². The minimum absolute atomic E-state index is 0.272. The van der Waals surface area contributed by atoms with E-state index in [-0.39, 0.29) is 6.07 Å². The summed E-state index contributed by atoms with van der Waals surface area (Å²) in [7, 11) is 0.999. The summed E-state index contributed by atoms with van der Waals surface area (Å²) in [6.07, 6.45) is -7.86. The van der Waals surface area contributed by atoms with Crippen molar-refractivity contribution in [2.45, 2.75) is 12.6 Å². The Morgan fingerprint density at radius 2 is 1.94 bits per heavy atom. The third-order valence-electron chi connectivity index (χ3n) is 1.68. The van der Waals surface area contributed by atoms with E-state index in [4.69, 9.17) is 0 Å². The molecule has 0 amide bonds. The van der Waals surface area contributed by atoms with Crippen molar-refractivity contribution in [1.82, 2.24) is 4.98 Å². The van der Waals surface area contributed by atoms with Crippen LogP contribution < -0.4 is 4.74 Å². The Kier molecular flexibility index (Phi) is 3.72. The van der Waals surface area contributed by atoms with Crippen LogP contribution in [0.4, 0.5) is 22.0 Å². The lowest BCUT2D eigenvalue weighted by Crippen LogP contribution is -2.10. The second-order valence-corrected chi connectivity index (χ2v) is 3.47. The van der Waals surface area contributed by atoms with Crippen molar-refractivity contribution in [3.05, 3.63) is 21.9 Å². The summed E-state index contributed by atoms with van der Waals surface area (Å²) in [5.41, 5.74) is -2.24. The summed E-state index contributed by atoms with van der Waals surface area (Å²) < 4.78 is 66.0. The fraction of sp³-hybridized carbons (Fsp3) is 0.375. The van der Waals surface area contributed by atoms with Crippen LogP contribution >= 0.6 is 15.9 Å². The largest absolute Gasteiger partial charge is 0.493 e. The van der Waals surface area contributed by atoms with Gasteiger partial charge in [-0.25, -0.2) is 13.8 Å². The molecule has 0 spiro atoms. The summed E-state index contributed by atoms with van der Waals surface area (Å²) in [6.45, 7) is 0. The molecule has 0 aliphatic heterocycles. The van der Waals surface area contributed by atoms with E-state index < -0.39 is 34.2 Å². The van der Waals surface area contributed by atoms with Crippen LogP contribution in [0.2, 0.25) is 0 Å². The number of pyridine rings is 1. The number of hydrogen-bond donors (Lipinski definition) is 0. The smallest absolute Gasteiger partial charge is 0.420 e. The molecule has 0 aliphatic carbocycles. The molecule has 90 valence electrons. The van der Waals surface area contributed by atoms with Crippen LogP contribution in [0.5, 0.6) is 5.75 Å². The number of hydrogen-bond acceptors (Lipinski definition) is 2. The Morgan fingerprint density at radius 1 is 1.38 bits per heavy atom. The van der Waals surface area contributed by atoms with Crippen LogP contribution in [0.25, 0.3) is 0 Å². The van der Waals surface area contributed by atoms with Crippen molar-refractivity contribution in [1.29, 1.82) is 0 Å². The molecule has 1 rings (SSSR count). The quantitative estimate of drug-likeness (QED) is 0.612. The van der Waals surface area contributed by atoms with Gasteiger partial charge < -0.3 is 4.74 Å². The highest BCUT2D eigenvalue weighted by atomic mass is 79.9. The number of alkyl halides is 5. The van der Waals surface area contributed by atoms with Gasteiger partial charge in [0, 0.05) is 0 Å². The fourth-order valence-electron chi connectivity index (χ4n) is 1.04. The number of rotatable bonds is 2. The van der Waals surface area contributed by atoms with Gasteiger partial charge in [-0.05, 0) is 22.0 Å². The van der Waals surface area contributed by atoms with Crippen molar-refractivity contribution in [3.63, 3.8) is 0 Å². The zero-order valence-electron chi connectivity index (χ0n) is 7.78. The van der Waals surface area contributed by atoms with Crippen LogP contribution in [0, 0.1) is 0 Å². The molecular formula is C8H5BrF5NO. The second-order valence-electron chi connectivity index (χ2n) is 2.72. The molecule has 16 heavy (non-hydrogen) atoms. The van der Waals surface area contributed by atoms with Crippen molar-refractivity contribution in [3.8, 4) is 5.75 Å². The van der Waals surface area contributed by atoms with Gasteiger partial charge in [-0.1, -0.05) is 0 Å². The van der Waals surface area contributed by atoms with Crippen LogP contribution in [0.1, 0.15) is 17.7 Å². The first-order valence-electron chi connectivity index (χ1n) is 3.87. The highest BCUT2D eigenvalue weighted by molar-refractivity contribution is 9.10. The molecular weight excluding hydrogens is 301 g/mol. The predicted molar refractivity (Wildman–Crippen MR) is 48.4 cm³/mol. The topological polar surface area (TPSA) is 22.1 Å². The molecule has 0 radical (unpaired) electrons. The van der Waals surface area contributed by atoms with Gasteiger partial charge in [-0.2, -0.15) is 13.2 Å². The number of ether oxygens (including phenoxy) is 1. The highest BCUT2D eigenvalue weighted by Gasteiger charge is 2.37. The summed E-state index contributed by atoms with van der Waals surface area (Å²) in [6, 6.07) is 0.272. The third-order valence-corrected chi connectivity index (χ3v) is 2.22. The lowest BCUT2D eigenvalue weighted by Gasteiger charge is -2.14. The molecule has 0 fully saturated rings. The molecule has 0 bridgehead atoms. The normalized spacial score (nSPS) is 12.0. The molecule has 0 saturated carbocycles. The van der Waals surface area contributed by atoms with E-state index in [1.807, 2.05) is 0 Å². The average Bonchev–Trinajstić information content (AvgIpc) is 2.14. The first-order chi connectivity index (χ1) is 7.27. The van der Waals surface area contributed by atoms with Crippen molar-refractivity contribution < 1.29 is 26.7 Å². The summed E-state index contributed by atoms with van der Waals surface area (Å²) >= 11 is 2.65. The molecule has 0 atom stereocenters. The van der Waals surface area contributed by atoms with Gasteiger partial charge in [-0.15, -0.1) is 0 Å². The zero-order chi connectivity index (χ0) is 12.5. The number of nitrogens with zero attached hydrogens (tertiary/aromatic N) is 1. The van der Waals surface area contributed by atoms with Gasteiger partial charge in [0.2, 0.25) is 0 Å². The Balaban J connectivity index is 3.43. The lowest BCUT2D eigenvalue weighted by molar-refractivity contribution is -0.139. The standard InChI is InChI=1S/C8H5BrF5NO/c1-16-5-3(8(12,13)14)2-4(7(10)11)15-6(5)9/h2,7H,1H3. The van der Waals surface area contributed by atoms with Crippen LogP contribution in [0.15, 0.2) is 10.7 Å². The monoisotopic (exact) mass is 305 g/mol. The van der Waals surface area contributed by atoms with Crippen molar-refractivity contribution in [2.75, 3.05) is 7.11 Å². The lowest BCUT2D eigenvalue weighted by atomic mass is 10.2. The van der Waals surface area contributed by atoms with E-state index >= 15 is 0 Å². The molecule has 1 aromatic heterocycles. The van der Waals surface area contributed by atoms with Gasteiger partial charge in [0.1, 0.15) is 15.9 Å². The second kappa shape index (κ2) is 4.52. The molecule has 0 saturated heterocycles. The predicted octanol–water partition coefficient (Wildman–Crippen LogP) is 3.81. The third kappa shape index (κ3) is 2.60. The van der Waals surface area contributed by atoms with E-state index in [9.17, 15) is 22.0 Å². The Hall–Kier alpha value is -0.920. The molecule has 1 heterocycles. The molecule has 0 aromatic carbocycles. The fourth-order valence-corrected chi connectivity index (χ4v) is 1.62. The Morgan fingerprint density at radius 3 is 2.31 bits per heavy atom. The average molecular weight is 306 g/mol. The molecule has 1 aromatic rings. The van der Waals surface area contributed by atoms with E-state index in [0.717, 1.165) is 7.11 Å². The maximum absolute atomic E-state index is 12.5. The summed E-state index contributed by atoms with van der Waals surface area (Å²) in [5.74, 6) is -0.614. The molecule has 0 N–H and O–H groups in total. The SMILES string of the molecule is COc1c(C(F)(F)F)cc(C(F)F)nc1Br. The van der Waals surface area contributed by atoms with Gasteiger partial charge in [0.15, 0.2) is 5.75 Å². The highest BCUT2D eigenvalue weighted by Crippen LogP contribution is 2.41. The number of halogens is 6. The minimum Gasteiger partial charge on any atom is -0.493 e. The molecule has 8 heteroatoms. The molecule has 0 aliphatic rings. The van der Waals surface area contributed by atoms with E-state index in [2.05, 4.69) is 25.7 Å². The Labute approximate surface area is 95.6 Å². The summed E-state index contributed by atoms with van der Waals surface area (Å²) in [5, 5.41) is 0. The Bertz CT molecular complexity index is 393. The van der Waals surface area contributed by atoms with Gasteiger partial charge in [0.05, 0.1) is 7.11 Å². The van der Waals surface area contributed by atoms with E-state index in [1.165, 1.54) is 0 Å². The minimum atomic E-state index is -4.78. The van der Waals surface area contributed by atoms with Gasteiger partial charge in [-0.3, -0.25) is 0 Å². The van der Waals surface area contributed by atoms with Crippen LogP contribution in [0.3, 0.4) is 0 Å². The van der Waals surface area contributed by atoms with Crippen LogP contribution in [-0.2, 0) is 6.18 Å². The maximum Gasteiger partial charge on any atom is 0.420 e. The maximum atomic E-state index is 12.5. The van der Waals surface area contributed by atoms with E-state index in [0.29, 0.717) is 0 Å². The molecule has 0 unspecified atom stereocenters. The first kappa shape index (κ1) is 13.1. The first-order valence-corrected chi connectivity index (χ1v) is 4.66.